The molecule has 3 nitrogen and oxygen atoms in total. The lowest BCUT2D eigenvalue weighted by Gasteiger charge is -2.24. The van der Waals surface area contributed by atoms with E-state index < -0.39 is 0 Å². The molecule has 1 aliphatic heterocycles. The zero-order valence-electron chi connectivity index (χ0n) is 11.6. The molecule has 2 aromatic carbocycles. The van der Waals surface area contributed by atoms with Crippen molar-refractivity contribution in [2.75, 3.05) is 18.5 Å². The van der Waals surface area contributed by atoms with E-state index in [2.05, 4.69) is 23.5 Å². The lowest BCUT2D eigenvalue weighted by molar-refractivity contribution is 0.0990. The molecule has 1 fully saturated rings. The average Bonchev–Trinajstić information content (AvgIpc) is 3.28. The van der Waals surface area contributed by atoms with E-state index in [4.69, 9.17) is 0 Å². The van der Waals surface area contributed by atoms with E-state index in [1.165, 1.54) is 12.8 Å². The number of nitrogens with one attached hydrogen (secondary N) is 1. The summed E-state index contributed by atoms with van der Waals surface area (Å²) in [5.74, 6) is 0.883. The van der Waals surface area contributed by atoms with E-state index in [-0.39, 0.29) is 5.91 Å². The molecule has 0 bridgehead atoms. The summed E-state index contributed by atoms with van der Waals surface area (Å²) in [5.41, 5.74) is 1.92. The SMILES string of the molecule is CNC(CN1C(=O)c2cccc3cccc1c23)C1CC1. The molecule has 102 valence electrons. The number of hydrogen-bond acceptors (Lipinski definition) is 2. The highest BCUT2D eigenvalue weighted by molar-refractivity contribution is 6.25. The smallest absolute Gasteiger partial charge is 0.259 e. The maximum absolute atomic E-state index is 12.7. The van der Waals surface area contributed by atoms with Crippen LogP contribution in [0.15, 0.2) is 36.4 Å². The number of carbonyl (C=O) groups excluding carboxylic acids is 1. The molecule has 1 amide bonds. The van der Waals surface area contributed by atoms with Gasteiger partial charge < -0.3 is 10.2 Å². The molecule has 2 aliphatic rings. The maximum Gasteiger partial charge on any atom is 0.259 e. The third-order valence-corrected chi connectivity index (χ3v) is 4.59. The summed E-state index contributed by atoms with van der Waals surface area (Å²) < 4.78 is 0. The summed E-state index contributed by atoms with van der Waals surface area (Å²) in [6, 6.07) is 12.6. The van der Waals surface area contributed by atoms with Crippen molar-refractivity contribution in [3.8, 4) is 0 Å². The normalized spacial score (nSPS) is 18.9. The topological polar surface area (TPSA) is 32.3 Å². The number of benzene rings is 2. The molecule has 0 aromatic heterocycles. The summed E-state index contributed by atoms with van der Waals surface area (Å²) in [7, 11) is 2.00. The van der Waals surface area contributed by atoms with Gasteiger partial charge in [-0.15, -0.1) is 0 Å². The Labute approximate surface area is 118 Å². The van der Waals surface area contributed by atoms with Crippen molar-refractivity contribution in [2.45, 2.75) is 18.9 Å². The van der Waals surface area contributed by atoms with E-state index in [9.17, 15) is 4.79 Å². The fraction of sp³-hybridized carbons (Fsp3) is 0.353. The minimum absolute atomic E-state index is 0.151. The summed E-state index contributed by atoms with van der Waals surface area (Å²) in [5, 5.41) is 5.65. The van der Waals surface area contributed by atoms with Crippen molar-refractivity contribution >= 4 is 22.4 Å². The lowest BCUT2D eigenvalue weighted by atomic mass is 10.1. The van der Waals surface area contributed by atoms with Crippen molar-refractivity contribution in [3.63, 3.8) is 0 Å². The first-order chi connectivity index (χ1) is 9.79. The van der Waals surface area contributed by atoms with E-state index >= 15 is 0 Å². The van der Waals surface area contributed by atoms with Crippen molar-refractivity contribution in [1.29, 1.82) is 0 Å². The van der Waals surface area contributed by atoms with Gasteiger partial charge in [0.15, 0.2) is 0 Å². The van der Waals surface area contributed by atoms with E-state index in [1.54, 1.807) is 0 Å². The fourth-order valence-corrected chi connectivity index (χ4v) is 3.33. The molecular formula is C17H18N2O. The summed E-state index contributed by atoms with van der Waals surface area (Å²) in [4.78, 5) is 14.6. The molecule has 2 aromatic rings. The number of carbonyl (C=O) groups is 1. The zero-order chi connectivity index (χ0) is 13.7. The van der Waals surface area contributed by atoms with Gasteiger partial charge in [0.05, 0.1) is 5.69 Å². The molecule has 1 unspecified atom stereocenters. The Morgan fingerprint density at radius 2 is 2.00 bits per heavy atom. The Morgan fingerprint density at radius 3 is 2.70 bits per heavy atom. The highest BCUT2D eigenvalue weighted by atomic mass is 16.2. The highest BCUT2D eigenvalue weighted by Gasteiger charge is 2.36. The van der Waals surface area contributed by atoms with Crippen LogP contribution in [0, 0.1) is 5.92 Å². The first kappa shape index (κ1) is 11.9. The molecular weight excluding hydrogens is 248 g/mol. The molecule has 1 aliphatic carbocycles. The largest absolute Gasteiger partial charge is 0.315 e. The number of amides is 1. The van der Waals surface area contributed by atoms with Crippen LogP contribution in [-0.4, -0.2) is 25.5 Å². The van der Waals surface area contributed by atoms with Gasteiger partial charge in [-0.2, -0.15) is 0 Å². The molecule has 0 radical (unpaired) electrons. The lowest BCUT2D eigenvalue weighted by Crippen LogP contribution is -2.42. The zero-order valence-corrected chi connectivity index (χ0v) is 11.6. The molecule has 0 saturated heterocycles. The average molecular weight is 266 g/mol. The Hall–Kier alpha value is -1.87. The van der Waals surface area contributed by atoms with Gasteiger partial charge in [0.1, 0.15) is 0 Å². The second kappa shape index (κ2) is 4.32. The third-order valence-electron chi connectivity index (χ3n) is 4.59. The Morgan fingerprint density at radius 1 is 1.25 bits per heavy atom. The summed E-state index contributed by atoms with van der Waals surface area (Å²) in [6.07, 6.45) is 2.56. The maximum atomic E-state index is 12.7. The van der Waals surface area contributed by atoms with Gasteiger partial charge in [-0.25, -0.2) is 0 Å². The van der Waals surface area contributed by atoms with Gasteiger partial charge in [0.25, 0.3) is 5.91 Å². The number of anilines is 1. The minimum atomic E-state index is 0.151. The van der Waals surface area contributed by atoms with Crippen LogP contribution < -0.4 is 10.2 Å². The predicted molar refractivity (Wildman–Crippen MR) is 81.2 cm³/mol. The molecule has 4 rings (SSSR count). The van der Waals surface area contributed by atoms with Gasteiger partial charge in [-0.3, -0.25) is 4.79 Å². The van der Waals surface area contributed by atoms with Crippen LogP contribution in [0.25, 0.3) is 10.8 Å². The second-order valence-electron chi connectivity index (χ2n) is 5.83. The van der Waals surface area contributed by atoms with Gasteiger partial charge in [-0.05, 0) is 43.3 Å². The van der Waals surface area contributed by atoms with Crippen LogP contribution in [0.3, 0.4) is 0 Å². The molecule has 1 N–H and O–H groups in total. The number of rotatable bonds is 4. The van der Waals surface area contributed by atoms with E-state index in [1.807, 2.05) is 30.1 Å². The van der Waals surface area contributed by atoms with Crippen LogP contribution in [0.2, 0.25) is 0 Å². The van der Waals surface area contributed by atoms with Crippen LogP contribution in [0.1, 0.15) is 23.2 Å². The van der Waals surface area contributed by atoms with Gasteiger partial charge in [0, 0.05) is 23.5 Å². The van der Waals surface area contributed by atoms with Gasteiger partial charge in [0.2, 0.25) is 0 Å². The van der Waals surface area contributed by atoms with Crippen molar-refractivity contribution in [3.05, 3.63) is 42.0 Å². The van der Waals surface area contributed by atoms with Crippen molar-refractivity contribution < 1.29 is 4.79 Å². The number of hydrogen-bond donors (Lipinski definition) is 1. The van der Waals surface area contributed by atoms with Crippen LogP contribution >= 0.6 is 0 Å². The van der Waals surface area contributed by atoms with E-state index in [0.717, 1.165) is 34.5 Å². The first-order valence-electron chi connectivity index (χ1n) is 7.30. The molecule has 3 heteroatoms. The molecule has 1 saturated carbocycles. The van der Waals surface area contributed by atoms with Crippen LogP contribution in [-0.2, 0) is 0 Å². The second-order valence-corrected chi connectivity index (χ2v) is 5.83. The van der Waals surface area contributed by atoms with E-state index in [0.29, 0.717) is 6.04 Å². The summed E-state index contributed by atoms with van der Waals surface area (Å²) >= 11 is 0. The Balaban J connectivity index is 1.76. The monoisotopic (exact) mass is 266 g/mol. The Bertz CT molecular complexity index is 685. The minimum Gasteiger partial charge on any atom is -0.315 e. The van der Waals surface area contributed by atoms with Crippen molar-refractivity contribution in [1.82, 2.24) is 5.32 Å². The molecule has 1 heterocycles. The first-order valence-corrected chi connectivity index (χ1v) is 7.30. The van der Waals surface area contributed by atoms with Gasteiger partial charge in [-0.1, -0.05) is 24.3 Å². The van der Waals surface area contributed by atoms with Crippen LogP contribution in [0.4, 0.5) is 5.69 Å². The van der Waals surface area contributed by atoms with Crippen LogP contribution in [0.5, 0.6) is 0 Å². The summed E-state index contributed by atoms with van der Waals surface area (Å²) in [6.45, 7) is 0.772. The standard InChI is InChI=1S/C17H18N2O/c1-18-14(11-8-9-11)10-19-15-7-3-5-12-4-2-6-13(16(12)15)17(19)20/h2-7,11,14,18H,8-10H2,1H3. The molecule has 1 atom stereocenters. The quantitative estimate of drug-likeness (QED) is 0.923. The predicted octanol–water partition coefficient (Wildman–Crippen LogP) is 2.80. The highest BCUT2D eigenvalue weighted by Crippen LogP contribution is 2.39. The number of nitrogens with zero attached hydrogens (tertiary/aromatic N) is 1. The molecule has 0 spiro atoms. The number of likely N-dealkylation sites (N-methyl/N-ethyl adjacent to an activating group) is 1. The third kappa shape index (κ3) is 1.66. The Kier molecular flexibility index (Phi) is 2.57. The fourth-order valence-electron chi connectivity index (χ4n) is 3.33. The molecule has 20 heavy (non-hydrogen) atoms. The van der Waals surface area contributed by atoms with Crippen molar-refractivity contribution in [2.24, 2.45) is 5.92 Å². The van der Waals surface area contributed by atoms with Gasteiger partial charge >= 0.3 is 0 Å².